The number of urea groups is 1. The fraction of sp³-hybridized carbons (Fsp3) is 0.875. The number of nitrogens with zero attached hydrogens (tertiary/aromatic N) is 1. The Morgan fingerprint density at radius 2 is 2.17 bits per heavy atom. The molecule has 0 spiro atoms. The lowest BCUT2D eigenvalue weighted by molar-refractivity contribution is -0.157. The van der Waals surface area contributed by atoms with Gasteiger partial charge in [-0.1, -0.05) is 0 Å². The number of amides is 2. The quantitative estimate of drug-likeness (QED) is 0.639. The fourth-order valence-electron chi connectivity index (χ4n) is 1.15. The molecular formula is C8H16N2O2. The number of carbonyl (C=O) groups excluding carboxylic acids is 1. The molecule has 0 saturated carbocycles. The first kappa shape index (κ1) is 9.32. The molecule has 1 aliphatic heterocycles. The molecule has 12 heavy (non-hydrogen) atoms. The Bertz CT molecular complexity index is 186. The van der Waals surface area contributed by atoms with Crippen LogP contribution in [-0.2, 0) is 4.74 Å². The number of likely N-dealkylation sites (tertiary alicyclic amines) is 1. The predicted molar refractivity (Wildman–Crippen MR) is 45.5 cm³/mol. The zero-order valence-electron chi connectivity index (χ0n) is 7.83. The maximum Gasteiger partial charge on any atom is 0.316 e. The van der Waals surface area contributed by atoms with Crippen molar-refractivity contribution < 1.29 is 9.53 Å². The third-order valence-corrected chi connectivity index (χ3v) is 1.74. The van der Waals surface area contributed by atoms with E-state index in [4.69, 9.17) is 10.5 Å². The van der Waals surface area contributed by atoms with Crippen LogP contribution < -0.4 is 5.73 Å². The number of rotatable bonds is 1. The van der Waals surface area contributed by atoms with Crippen molar-refractivity contribution in [1.29, 1.82) is 0 Å². The smallest absolute Gasteiger partial charge is 0.316 e. The van der Waals surface area contributed by atoms with Gasteiger partial charge in [-0.05, 0) is 20.8 Å². The monoisotopic (exact) mass is 172 g/mol. The van der Waals surface area contributed by atoms with Crippen molar-refractivity contribution in [3.63, 3.8) is 0 Å². The number of hydrogen-bond donors (Lipinski definition) is 1. The third kappa shape index (κ3) is 2.11. The fourth-order valence-corrected chi connectivity index (χ4v) is 1.15. The molecular weight excluding hydrogens is 156 g/mol. The van der Waals surface area contributed by atoms with Crippen molar-refractivity contribution >= 4 is 6.03 Å². The van der Waals surface area contributed by atoms with Crippen LogP contribution in [-0.4, -0.2) is 29.3 Å². The summed E-state index contributed by atoms with van der Waals surface area (Å²) < 4.78 is 5.57. The second kappa shape index (κ2) is 2.94. The zero-order chi connectivity index (χ0) is 9.35. The molecule has 70 valence electrons. The summed E-state index contributed by atoms with van der Waals surface area (Å²) in [7, 11) is 0. The minimum absolute atomic E-state index is 0.109. The Balaban J connectivity index is 2.40. The topological polar surface area (TPSA) is 55.6 Å². The van der Waals surface area contributed by atoms with Gasteiger partial charge in [-0.3, -0.25) is 4.90 Å². The Hall–Kier alpha value is -0.770. The minimum Gasteiger partial charge on any atom is -0.353 e. The van der Waals surface area contributed by atoms with Crippen molar-refractivity contribution in [3.05, 3.63) is 0 Å². The Kier molecular flexibility index (Phi) is 2.28. The van der Waals surface area contributed by atoms with Gasteiger partial charge in [-0.15, -0.1) is 0 Å². The normalized spacial score (nSPS) is 23.6. The predicted octanol–water partition coefficient (Wildman–Crippen LogP) is 0.912. The first-order valence-corrected chi connectivity index (χ1v) is 4.14. The van der Waals surface area contributed by atoms with Gasteiger partial charge in [-0.25, -0.2) is 4.79 Å². The maximum atomic E-state index is 10.7. The summed E-state index contributed by atoms with van der Waals surface area (Å²) in [4.78, 5) is 12.3. The van der Waals surface area contributed by atoms with Crippen LogP contribution >= 0.6 is 0 Å². The summed E-state index contributed by atoms with van der Waals surface area (Å²) in [5.74, 6) is 0. The average molecular weight is 172 g/mol. The first-order chi connectivity index (χ1) is 5.40. The molecule has 0 bridgehead atoms. The van der Waals surface area contributed by atoms with Crippen molar-refractivity contribution in [3.8, 4) is 0 Å². The van der Waals surface area contributed by atoms with Gasteiger partial charge >= 0.3 is 6.03 Å². The summed E-state index contributed by atoms with van der Waals surface area (Å²) >= 11 is 0. The highest BCUT2D eigenvalue weighted by molar-refractivity contribution is 5.73. The molecule has 1 heterocycles. The number of ether oxygens (including phenoxy) is 1. The third-order valence-electron chi connectivity index (χ3n) is 1.74. The molecule has 4 heteroatoms. The van der Waals surface area contributed by atoms with Crippen molar-refractivity contribution in [1.82, 2.24) is 4.90 Å². The van der Waals surface area contributed by atoms with Gasteiger partial charge in [0, 0.05) is 13.0 Å². The van der Waals surface area contributed by atoms with Crippen molar-refractivity contribution in [2.75, 3.05) is 6.54 Å². The molecule has 2 N–H and O–H groups in total. The second-order valence-corrected chi connectivity index (χ2v) is 4.01. The van der Waals surface area contributed by atoms with Crippen LogP contribution in [0, 0.1) is 0 Å². The van der Waals surface area contributed by atoms with Gasteiger partial charge in [0.15, 0.2) is 0 Å². The molecule has 1 fully saturated rings. The number of nitrogens with two attached hydrogens (primary N) is 1. The molecule has 1 aliphatic rings. The van der Waals surface area contributed by atoms with Crippen LogP contribution in [0.2, 0.25) is 0 Å². The molecule has 2 amide bonds. The molecule has 1 atom stereocenters. The van der Waals surface area contributed by atoms with Gasteiger partial charge in [0.05, 0.1) is 5.60 Å². The number of primary amides is 1. The summed E-state index contributed by atoms with van der Waals surface area (Å²) in [5, 5.41) is 0. The minimum atomic E-state index is -0.393. The highest BCUT2D eigenvalue weighted by atomic mass is 16.5. The van der Waals surface area contributed by atoms with E-state index in [9.17, 15) is 4.79 Å². The summed E-state index contributed by atoms with van der Waals surface area (Å²) in [6, 6.07) is -0.393. The molecule has 0 aromatic rings. The SMILES string of the molecule is CC(C)(C)OC1CCN1C(N)=O. The van der Waals surface area contributed by atoms with Gasteiger partial charge in [0.25, 0.3) is 0 Å². The van der Waals surface area contributed by atoms with Crippen molar-refractivity contribution in [2.24, 2.45) is 5.73 Å². The first-order valence-electron chi connectivity index (χ1n) is 4.14. The maximum absolute atomic E-state index is 10.7. The molecule has 0 aromatic heterocycles. The van der Waals surface area contributed by atoms with Gasteiger partial charge < -0.3 is 10.5 Å². The van der Waals surface area contributed by atoms with Crippen LogP contribution in [0.15, 0.2) is 0 Å². The van der Waals surface area contributed by atoms with E-state index in [1.54, 1.807) is 0 Å². The van der Waals surface area contributed by atoms with E-state index in [0.29, 0.717) is 0 Å². The second-order valence-electron chi connectivity index (χ2n) is 4.01. The highest BCUT2D eigenvalue weighted by Gasteiger charge is 2.34. The molecule has 1 rings (SSSR count). The van der Waals surface area contributed by atoms with Crippen LogP contribution in [0.1, 0.15) is 27.2 Å². The molecule has 0 radical (unpaired) electrons. The highest BCUT2D eigenvalue weighted by Crippen LogP contribution is 2.23. The lowest BCUT2D eigenvalue weighted by Gasteiger charge is -2.42. The van der Waals surface area contributed by atoms with E-state index < -0.39 is 6.03 Å². The standard InChI is InChI=1S/C8H16N2O2/c1-8(2,3)12-6-4-5-10(6)7(9)11/h6H,4-5H2,1-3H3,(H2,9,11). The lowest BCUT2D eigenvalue weighted by atomic mass is 10.1. The Morgan fingerprint density at radius 3 is 2.42 bits per heavy atom. The lowest BCUT2D eigenvalue weighted by Crippen LogP contribution is -2.56. The summed E-state index contributed by atoms with van der Waals surface area (Å²) in [6.07, 6.45) is 0.780. The van der Waals surface area contributed by atoms with Crippen LogP contribution in [0.4, 0.5) is 4.79 Å². The molecule has 4 nitrogen and oxygen atoms in total. The largest absolute Gasteiger partial charge is 0.353 e. The van der Waals surface area contributed by atoms with E-state index in [0.717, 1.165) is 13.0 Å². The molecule has 0 aliphatic carbocycles. The summed E-state index contributed by atoms with van der Waals surface area (Å²) in [6.45, 7) is 6.61. The van der Waals surface area contributed by atoms with E-state index >= 15 is 0 Å². The Labute approximate surface area is 72.7 Å². The van der Waals surface area contributed by atoms with Gasteiger partial charge in [-0.2, -0.15) is 0 Å². The summed E-state index contributed by atoms with van der Waals surface area (Å²) in [5.41, 5.74) is 4.90. The van der Waals surface area contributed by atoms with E-state index in [1.807, 2.05) is 20.8 Å². The Morgan fingerprint density at radius 1 is 1.58 bits per heavy atom. The van der Waals surface area contributed by atoms with E-state index in [-0.39, 0.29) is 11.8 Å². The number of hydrogen-bond acceptors (Lipinski definition) is 2. The van der Waals surface area contributed by atoms with Crippen LogP contribution in [0.25, 0.3) is 0 Å². The average Bonchev–Trinajstić information content (AvgIpc) is 1.77. The van der Waals surface area contributed by atoms with E-state index in [1.165, 1.54) is 4.90 Å². The number of carbonyl (C=O) groups is 1. The van der Waals surface area contributed by atoms with Gasteiger partial charge in [0.2, 0.25) is 0 Å². The van der Waals surface area contributed by atoms with Crippen molar-refractivity contribution in [2.45, 2.75) is 39.0 Å². The molecule has 1 saturated heterocycles. The zero-order valence-corrected chi connectivity index (χ0v) is 7.83. The van der Waals surface area contributed by atoms with Crippen LogP contribution in [0.5, 0.6) is 0 Å². The van der Waals surface area contributed by atoms with Crippen LogP contribution in [0.3, 0.4) is 0 Å². The molecule has 1 unspecified atom stereocenters. The molecule has 0 aromatic carbocycles. The van der Waals surface area contributed by atoms with E-state index in [2.05, 4.69) is 0 Å². The van der Waals surface area contributed by atoms with Gasteiger partial charge in [0.1, 0.15) is 6.23 Å².